The molecule has 0 aliphatic carbocycles. The van der Waals surface area contributed by atoms with Gasteiger partial charge >= 0.3 is 0 Å². The number of benzene rings is 1. The van der Waals surface area contributed by atoms with Gasteiger partial charge in [0.05, 0.1) is 10.7 Å². The number of amides is 1. The van der Waals surface area contributed by atoms with Crippen LogP contribution in [0.4, 0.5) is 11.5 Å². The number of likely N-dealkylation sites (N-methyl/N-ethyl adjacent to an activating group) is 1. The highest BCUT2D eigenvalue weighted by atomic mass is 35.5. The van der Waals surface area contributed by atoms with Gasteiger partial charge in [-0.1, -0.05) is 24.6 Å². The van der Waals surface area contributed by atoms with Crippen molar-refractivity contribution in [2.75, 3.05) is 42.9 Å². The van der Waals surface area contributed by atoms with Crippen molar-refractivity contribution >= 4 is 29.0 Å². The van der Waals surface area contributed by atoms with Gasteiger partial charge in [-0.2, -0.15) is 0 Å². The molecule has 0 saturated carbocycles. The zero-order chi connectivity index (χ0) is 18.7. The van der Waals surface area contributed by atoms with Crippen LogP contribution in [0.15, 0.2) is 30.5 Å². The molecule has 1 aliphatic heterocycles. The molecule has 2 aromatic rings. The second kappa shape index (κ2) is 8.06. The average Bonchev–Trinajstić information content (AvgIpc) is 2.64. The molecule has 0 bridgehead atoms. The van der Waals surface area contributed by atoms with Gasteiger partial charge in [0.2, 0.25) is 0 Å². The van der Waals surface area contributed by atoms with Crippen molar-refractivity contribution in [3.8, 4) is 0 Å². The van der Waals surface area contributed by atoms with Gasteiger partial charge < -0.3 is 15.1 Å². The molecular weight excluding hydrogens is 348 g/mol. The molecule has 5 nitrogen and oxygen atoms in total. The molecule has 2 heterocycles. The molecule has 1 fully saturated rings. The Bertz CT molecular complexity index is 777. The van der Waals surface area contributed by atoms with Gasteiger partial charge in [0.1, 0.15) is 5.82 Å². The van der Waals surface area contributed by atoms with Crippen LogP contribution in [-0.2, 0) is 0 Å². The van der Waals surface area contributed by atoms with Crippen LogP contribution < -0.4 is 10.2 Å². The molecule has 1 amide bonds. The van der Waals surface area contributed by atoms with Crippen molar-refractivity contribution in [1.29, 1.82) is 0 Å². The van der Waals surface area contributed by atoms with Crippen LogP contribution in [0.25, 0.3) is 0 Å². The minimum absolute atomic E-state index is 0.172. The van der Waals surface area contributed by atoms with Gasteiger partial charge in [0.15, 0.2) is 0 Å². The predicted octanol–water partition coefficient (Wildman–Crippen LogP) is 3.75. The molecule has 0 spiro atoms. The van der Waals surface area contributed by atoms with Gasteiger partial charge in [-0.25, -0.2) is 4.98 Å². The fourth-order valence-corrected chi connectivity index (χ4v) is 3.65. The second-order valence-electron chi connectivity index (χ2n) is 6.72. The molecule has 6 heteroatoms. The first kappa shape index (κ1) is 18.7. The Morgan fingerprint density at radius 2 is 1.92 bits per heavy atom. The number of carbonyl (C=O) groups is 1. The number of nitrogens with zero attached hydrogens (tertiary/aromatic N) is 3. The highest BCUT2D eigenvalue weighted by Gasteiger charge is 2.18. The molecule has 0 atom stereocenters. The molecule has 1 aromatic heterocycles. The number of hydrogen-bond acceptors (Lipinski definition) is 4. The summed E-state index contributed by atoms with van der Waals surface area (Å²) in [5, 5.41) is 3.50. The smallest absolute Gasteiger partial charge is 0.255 e. The lowest BCUT2D eigenvalue weighted by Gasteiger charge is -2.34. The maximum absolute atomic E-state index is 12.7. The number of nitrogens with one attached hydrogen (secondary N) is 1. The summed E-state index contributed by atoms with van der Waals surface area (Å²) < 4.78 is 0. The summed E-state index contributed by atoms with van der Waals surface area (Å²) in [6.07, 6.45) is 1.69. The van der Waals surface area contributed by atoms with E-state index in [1.807, 2.05) is 32.0 Å². The number of aromatic nitrogens is 1. The van der Waals surface area contributed by atoms with Crippen LogP contribution in [0, 0.1) is 13.8 Å². The summed E-state index contributed by atoms with van der Waals surface area (Å²) >= 11 is 6.31. The number of pyridine rings is 1. The van der Waals surface area contributed by atoms with Crippen LogP contribution in [0.5, 0.6) is 0 Å². The zero-order valence-electron chi connectivity index (χ0n) is 15.6. The van der Waals surface area contributed by atoms with Crippen LogP contribution in [0.2, 0.25) is 5.02 Å². The van der Waals surface area contributed by atoms with E-state index in [9.17, 15) is 4.79 Å². The quantitative estimate of drug-likeness (QED) is 0.888. The number of halogens is 1. The SMILES string of the molecule is CCN1CCN(c2cc(C(=O)Nc3c(C)cc(C)cc3Cl)ccn2)CC1. The Morgan fingerprint density at radius 3 is 2.58 bits per heavy atom. The number of hydrogen-bond donors (Lipinski definition) is 1. The molecule has 1 N–H and O–H groups in total. The van der Waals surface area contributed by atoms with Crippen molar-refractivity contribution < 1.29 is 4.79 Å². The first-order valence-electron chi connectivity index (χ1n) is 8.99. The highest BCUT2D eigenvalue weighted by Crippen LogP contribution is 2.28. The van der Waals surface area contributed by atoms with Crippen LogP contribution in [0.1, 0.15) is 28.4 Å². The van der Waals surface area contributed by atoms with E-state index in [2.05, 4.69) is 27.0 Å². The maximum atomic E-state index is 12.7. The van der Waals surface area contributed by atoms with E-state index in [1.165, 1.54) is 0 Å². The highest BCUT2D eigenvalue weighted by molar-refractivity contribution is 6.34. The standard InChI is InChI=1S/C20H25ClN4O/c1-4-24-7-9-25(10-8-24)18-13-16(5-6-22-18)20(26)23-19-15(3)11-14(2)12-17(19)21/h5-6,11-13H,4,7-10H2,1-3H3,(H,23,26). The molecule has 3 rings (SSSR count). The number of anilines is 2. The summed E-state index contributed by atoms with van der Waals surface area (Å²) in [5.41, 5.74) is 3.28. The minimum atomic E-state index is -0.172. The van der Waals surface area contributed by atoms with Crippen LogP contribution >= 0.6 is 11.6 Å². The number of carbonyl (C=O) groups excluding carboxylic acids is 1. The largest absolute Gasteiger partial charge is 0.354 e. The van der Waals surface area contributed by atoms with Crippen molar-refractivity contribution in [2.24, 2.45) is 0 Å². The summed E-state index contributed by atoms with van der Waals surface area (Å²) in [6.45, 7) is 11.1. The monoisotopic (exact) mass is 372 g/mol. The van der Waals surface area contributed by atoms with E-state index in [0.717, 1.165) is 49.7 Å². The van der Waals surface area contributed by atoms with Gasteiger partial charge in [0, 0.05) is 37.9 Å². The normalized spacial score (nSPS) is 15.2. The molecule has 0 unspecified atom stereocenters. The third-order valence-electron chi connectivity index (χ3n) is 4.82. The lowest BCUT2D eigenvalue weighted by atomic mass is 10.1. The molecule has 1 aromatic carbocycles. The van der Waals surface area contributed by atoms with E-state index in [4.69, 9.17) is 11.6 Å². The summed E-state index contributed by atoms with van der Waals surface area (Å²) in [6, 6.07) is 7.45. The van der Waals surface area contributed by atoms with Crippen LogP contribution in [0.3, 0.4) is 0 Å². The zero-order valence-corrected chi connectivity index (χ0v) is 16.3. The summed E-state index contributed by atoms with van der Waals surface area (Å²) in [4.78, 5) is 21.8. The van der Waals surface area contributed by atoms with E-state index < -0.39 is 0 Å². The predicted molar refractivity (Wildman–Crippen MR) is 107 cm³/mol. The fraction of sp³-hybridized carbons (Fsp3) is 0.400. The van der Waals surface area contributed by atoms with E-state index >= 15 is 0 Å². The van der Waals surface area contributed by atoms with Crippen molar-refractivity contribution in [1.82, 2.24) is 9.88 Å². The fourth-order valence-electron chi connectivity index (χ4n) is 3.29. The average molecular weight is 373 g/mol. The molecule has 0 radical (unpaired) electrons. The van der Waals surface area contributed by atoms with Crippen molar-refractivity contribution in [2.45, 2.75) is 20.8 Å². The Labute approximate surface area is 160 Å². The van der Waals surface area contributed by atoms with E-state index in [0.29, 0.717) is 16.3 Å². The van der Waals surface area contributed by atoms with E-state index in [1.54, 1.807) is 12.3 Å². The topological polar surface area (TPSA) is 48.5 Å². The first-order valence-corrected chi connectivity index (χ1v) is 9.37. The molecule has 1 aliphatic rings. The lowest BCUT2D eigenvalue weighted by molar-refractivity contribution is 0.102. The third-order valence-corrected chi connectivity index (χ3v) is 5.12. The van der Waals surface area contributed by atoms with Crippen molar-refractivity contribution in [3.63, 3.8) is 0 Å². The Kier molecular flexibility index (Phi) is 5.79. The molecule has 1 saturated heterocycles. The molecular formula is C20H25ClN4O. The maximum Gasteiger partial charge on any atom is 0.255 e. The number of aryl methyl sites for hydroxylation is 2. The van der Waals surface area contributed by atoms with Gasteiger partial charge in [-0.15, -0.1) is 0 Å². The Morgan fingerprint density at radius 1 is 1.19 bits per heavy atom. The molecule has 138 valence electrons. The van der Waals surface area contributed by atoms with Gasteiger partial charge in [-0.3, -0.25) is 4.79 Å². The Balaban J connectivity index is 1.75. The van der Waals surface area contributed by atoms with E-state index in [-0.39, 0.29) is 5.91 Å². The number of piperazine rings is 1. The lowest BCUT2D eigenvalue weighted by Crippen LogP contribution is -2.46. The third kappa shape index (κ3) is 4.17. The summed E-state index contributed by atoms with van der Waals surface area (Å²) in [5.74, 6) is 0.676. The van der Waals surface area contributed by atoms with Crippen LogP contribution in [-0.4, -0.2) is 48.5 Å². The second-order valence-corrected chi connectivity index (χ2v) is 7.12. The first-order chi connectivity index (χ1) is 12.5. The van der Waals surface area contributed by atoms with Gasteiger partial charge in [0.25, 0.3) is 5.91 Å². The Hall–Kier alpha value is -2.11. The van der Waals surface area contributed by atoms with Crippen molar-refractivity contribution in [3.05, 3.63) is 52.2 Å². The minimum Gasteiger partial charge on any atom is -0.354 e. The number of rotatable bonds is 4. The molecule has 26 heavy (non-hydrogen) atoms. The van der Waals surface area contributed by atoms with Gasteiger partial charge in [-0.05, 0) is 49.7 Å². The summed E-state index contributed by atoms with van der Waals surface area (Å²) in [7, 11) is 0.